The fraction of sp³-hybridized carbons (Fsp3) is 0.909. The van der Waals surface area contributed by atoms with Crippen molar-refractivity contribution in [3.63, 3.8) is 0 Å². The van der Waals surface area contributed by atoms with Gasteiger partial charge in [-0.2, -0.15) is 0 Å². The van der Waals surface area contributed by atoms with Crippen molar-refractivity contribution in [1.82, 2.24) is 15.5 Å². The molecule has 2 saturated heterocycles. The molecule has 1 amide bonds. The molecular formula is C11H21N3O2. The lowest BCUT2D eigenvalue weighted by Crippen LogP contribution is -2.43. The second-order valence-corrected chi connectivity index (χ2v) is 4.89. The molecule has 2 aliphatic rings. The van der Waals surface area contributed by atoms with Crippen molar-refractivity contribution in [1.29, 1.82) is 0 Å². The number of hydrogen-bond donors (Lipinski definition) is 2. The van der Waals surface area contributed by atoms with Gasteiger partial charge in [-0.25, -0.2) is 0 Å². The number of fused-ring (bicyclic) bond motifs is 2. The molecule has 3 atom stereocenters. The molecule has 0 saturated carbocycles. The van der Waals surface area contributed by atoms with Gasteiger partial charge in [-0.1, -0.05) is 0 Å². The molecule has 2 bridgehead atoms. The fourth-order valence-corrected chi connectivity index (χ4v) is 2.35. The zero-order chi connectivity index (χ0) is 11.5. The highest BCUT2D eigenvalue weighted by molar-refractivity contribution is 5.79. The second-order valence-electron chi connectivity index (χ2n) is 4.89. The molecule has 2 rings (SSSR count). The lowest BCUT2D eigenvalue weighted by Gasteiger charge is -2.22. The number of ether oxygens (including phenoxy) is 1. The number of morpholine rings is 1. The Balaban J connectivity index is 1.77. The largest absolute Gasteiger partial charge is 0.371 e. The minimum atomic E-state index is 0.0437. The molecule has 0 aliphatic carbocycles. The quantitative estimate of drug-likeness (QED) is 0.649. The first-order chi connectivity index (χ1) is 7.66. The van der Waals surface area contributed by atoms with Gasteiger partial charge < -0.3 is 20.3 Å². The van der Waals surface area contributed by atoms with Crippen molar-refractivity contribution in [3.05, 3.63) is 0 Å². The summed E-state index contributed by atoms with van der Waals surface area (Å²) in [6.07, 6.45) is 1.19. The van der Waals surface area contributed by atoms with Crippen molar-refractivity contribution in [2.45, 2.75) is 18.6 Å². The summed E-state index contributed by atoms with van der Waals surface area (Å²) in [6, 6.07) is 0. The summed E-state index contributed by atoms with van der Waals surface area (Å²) >= 11 is 0. The number of hydrogen-bond acceptors (Lipinski definition) is 4. The van der Waals surface area contributed by atoms with E-state index in [-0.39, 0.29) is 24.0 Å². The van der Waals surface area contributed by atoms with Gasteiger partial charge in [0, 0.05) is 26.2 Å². The van der Waals surface area contributed by atoms with Crippen LogP contribution in [0.3, 0.4) is 0 Å². The highest BCUT2D eigenvalue weighted by Crippen LogP contribution is 2.28. The molecule has 0 spiro atoms. The van der Waals surface area contributed by atoms with Crippen LogP contribution in [0.15, 0.2) is 0 Å². The zero-order valence-corrected chi connectivity index (χ0v) is 10.0. The number of amides is 1. The monoisotopic (exact) mass is 227 g/mol. The number of likely N-dealkylation sites (N-methyl/N-ethyl adjacent to an activating group) is 1. The van der Waals surface area contributed by atoms with E-state index in [9.17, 15) is 4.79 Å². The average molecular weight is 227 g/mol. The van der Waals surface area contributed by atoms with Crippen LogP contribution in [0, 0.1) is 5.92 Å². The number of nitrogens with one attached hydrogen (secondary N) is 2. The maximum atomic E-state index is 11.9. The normalized spacial score (nSPS) is 33.1. The van der Waals surface area contributed by atoms with Crippen molar-refractivity contribution in [2.75, 3.05) is 40.3 Å². The third-order valence-corrected chi connectivity index (χ3v) is 3.25. The van der Waals surface area contributed by atoms with Crippen LogP contribution in [0.5, 0.6) is 0 Å². The van der Waals surface area contributed by atoms with E-state index in [0.717, 1.165) is 26.1 Å². The predicted octanol–water partition coefficient (Wildman–Crippen LogP) is -0.959. The molecule has 92 valence electrons. The van der Waals surface area contributed by atoms with Gasteiger partial charge in [-0.05, 0) is 20.5 Å². The van der Waals surface area contributed by atoms with Crippen LogP contribution >= 0.6 is 0 Å². The van der Waals surface area contributed by atoms with E-state index in [1.807, 2.05) is 14.1 Å². The third kappa shape index (κ3) is 2.72. The minimum absolute atomic E-state index is 0.0437. The van der Waals surface area contributed by atoms with E-state index in [2.05, 4.69) is 15.5 Å². The summed E-state index contributed by atoms with van der Waals surface area (Å²) in [4.78, 5) is 14.0. The molecule has 5 heteroatoms. The summed E-state index contributed by atoms with van der Waals surface area (Å²) in [5, 5.41) is 6.27. The van der Waals surface area contributed by atoms with Gasteiger partial charge in [-0.15, -0.1) is 0 Å². The maximum Gasteiger partial charge on any atom is 0.225 e. The standard InChI is InChI=1S/C11H21N3O2/c1-14(2)4-3-13-11(15)9-5-8-6-12-7-10(9)16-8/h8-10,12H,3-7H2,1-2H3,(H,13,15). The topological polar surface area (TPSA) is 53.6 Å². The van der Waals surface area contributed by atoms with Gasteiger partial charge in [0.15, 0.2) is 0 Å². The molecule has 0 aromatic heterocycles. The predicted molar refractivity (Wildman–Crippen MR) is 61.2 cm³/mol. The van der Waals surface area contributed by atoms with Gasteiger partial charge in [0.1, 0.15) is 0 Å². The summed E-state index contributed by atoms with van der Waals surface area (Å²) in [5.74, 6) is 0.195. The Bertz CT molecular complexity index is 258. The molecule has 5 nitrogen and oxygen atoms in total. The van der Waals surface area contributed by atoms with E-state index < -0.39 is 0 Å². The summed E-state index contributed by atoms with van der Waals surface area (Å²) in [5.41, 5.74) is 0. The highest BCUT2D eigenvalue weighted by Gasteiger charge is 2.41. The van der Waals surface area contributed by atoms with Crippen LogP contribution in [0.1, 0.15) is 6.42 Å². The number of carbonyl (C=O) groups excluding carboxylic acids is 1. The molecule has 2 N–H and O–H groups in total. The van der Waals surface area contributed by atoms with Gasteiger partial charge in [0.2, 0.25) is 5.91 Å². The molecule has 0 aromatic rings. The number of nitrogens with zero attached hydrogens (tertiary/aromatic N) is 1. The Morgan fingerprint density at radius 3 is 3.00 bits per heavy atom. The average Bonchev–Trinajstić information content (AvgIpc) is 2.53. The van der Waals surface area contributed by atoms with Crippen molar-refractivity contribution < 1.29 is 9.53 Å². The third-order valence-electron chi connectivity index (χ3n) is 3.25. The highest BCUT2D eigenvalue weighted by atomic mass is 16.5. The van der Waals surface area contributed by atoms with Crippen LogP contribution in [0.4, 0.5) is 0 Å². The van der Waals surface area contributed by atoms with E-state index >= 15 is 0 Å². The Hall–Kier alpha value is -0.650. The SMILES string of the molecule is CN(C)CCNC(=O)C1CC2CNCC1O2. The smallest absolute Gasteiger partial charge is 0.225 e. The minimum Gasteiger partial charge on any atom is -0.371 e. The van der Waals surface area contributed by atoms with Crippen LogP contribution in [-0.4, -0.2) is 63.3 Å². The first-order valence-electron chi connectivity index (χ1n) is 5.95. The molecule has 2 fully saturated rings. The van der Waals surface area contributed by atoms with Gasteiger partial charge in [0.25, 0.3) is 0 Å². The second kappa shape index (κ2) is 5.12. The Morgan fingerprint density at radius 2 is 2.31 bits per heavy atom. The van der Waals surface area contributed by atoms with Crippen LogP contribution in [-0.2, 0) is 9.53 Å². The molecule has 16 heavy (non-hydrogen) atoms. The van der Waals surface area contributed by atoms with E-state index in [0.29, 0.717) is 6.54 Å². The van der Waals surface area contributed by atoms with E-state index in [1.54, 1.807) is 0 Å². The van der Waals surface area contributed by atoms with E-state index in [1.165, 1.54) is 0 Å². The first kappa shape index (κ1) is 11.8. The summed E-state index contributed by atoms with van der Waals surface area (Å²) < 4.78 is 5.72. The van der Waals surface area contributed by atoms with Gasteiger partial charge >= 0.3 is 0 Å². The Morgan fingerprint density at radius 1 is 1.50 bits per heavy atom. The first-order valence-corrected chi connectivity index (χ1v) is 5.95. The zero-order valence-electron chi connectivity index (χ0n) is 10.0. The lowest BCUT2D eigenvalue weighted by atomic mass is 9.99. The molecule has 3 unspecified atom stereocenters. The number of rotatable bonds is 4. The summed E-state index contributed by atoms with van der Waals surface area (Å²) in [7, 11) is 4.00. The molecule has 2 aliphatic heterocycles. The lowest BCUT2D eigenvalue weighted by molar-refractivity contribution is -0.126. The van der Waals surface area contributed by atoms with Crippen molar-refractivity contribution >= 4 is 5.91 Å². The fourth-order valence-electron chi connectivity index (χ4n) is 2.35. The van der Waals surface area contributed by atoms with Crippen LogP contribution in [0.25, 0.3) is 0 Å². The van der Waals surface area contributed by atoms with Gasteiger partial charge in [-0.3, -0.25) is 4.79 Å². The van der Waals surface area contributed by atoms with Crippen LogP contribution < -0.4 is 10.6 Å². The summed E-state index contributed by atoms with van der Waals surface area (Å²) in [6.45, 7) is 3.29. The molecule has 0 aromatic carbocycles. The molecule has 2 heterocycles. The van der Waals surface area contributed by atoms with E-state index in [4.69, 9.17) is 4.74 Å². The van der Waals surface area contributed by atoms with Crippen LogP contribution in [0.2, 0.25) is 0 Å². The Kier molecular flexibility index (Phi) is 3.78. The Labute approximate surface area is 96.5 Å². The van der Waals surface area contributed by atoms with Crippen molar-refractivity contribution in [2.24, 2.45) is 5.92 Å². The van der Waals surface area contributed by atoms with Gasteiger partial charge in [0.05, 0.1) is 18.1 Å². The number of carbonyl (C=O) groups is 1. The molecular weight excluding hydrogens is 206 g/mol. The molecule has 0 radical (unpaired) electrons. The van der Waals surface area contributed by atoms with Crippen molar-refractivity contribution in [3.8, 4) is 0 Å². The maximum absolute atomic E-state index is 11.9.